The van der Waals surface area contributed by atoms with Gasteiger partial charge in [0.05, 0.1) is 0 Å². The van der Waals surface area contributed by atoms with Crippen molar-refractivity contribution in [2.75, 3.05) is 0 Å². The quantitative estimate of drug-likeness (QED) is 0.814. The van der Waals surface area contributed by atoms with Crippen molar-refractivity contribution in [3.8, 4) is 0 Å². The van der Waals surface area contributed by atoms with Crippen molar-refractivity contribution in [1.82, 2.24) is 5.32 Å². The second kappa shape index (κ2) is 4.76. The Bertz CT molecular complexity index is 312. The van der Waals surface area contributed by atoms with E-state index in [1.165, 1.54) is 12.1 Å². The van der Waals surface area contributed by atoms with Crippen LogP contribution in [0.4, 0.5) is 4.39 Å². The van der Waals surface area contributed by atoms with Gasteiger partial charge in [0.15, 0.2) is 0 Å². The predicted octanol–water partition coefficient (Wildman–Crippen LogP) is 3.54. The van der Waals surface area contributed by atoms with Crippen molar-refractivity contribution >= 4 is 11.6 Å². The third-order valence-corrected chi connectivity index (χ3v) is 2.34. The van der Waals surface area contributed by atoms with E-state index in [0.717, 1.165) is 5.56 Å². The molecule has 1 aromatic rings. The molecule has 0 spiro atoms. The lowest BCUT2D eigenvalue weighted by Gasteiger charge is -2.18. The van der Waals surface area contributed by atoms with Crippen LogP contribution < -0.4 is 5.32 Å². The molecule has 0 aliphatic rings. The predicted molar refractivity (Wildman–Crippen MR) is 58.1 cm³/mol. The zero-order chi connectivity index (χ0) is 10.7. The molecule has 0 unspecified atom stereocenters. The number of nitrogens with one attached hydrogen (secondary N) is 1. The summed E-state index contributed by atoms with van der Waals surface area (Å²) in [6.45, 7) is 6.14. The van der Waals surface area contributed by atoms with Crippen LogP contribution in [0.15, 0.2) is 18.2 Å². The minimum atomic E-state index is -0.296. The van der Waals surface area contributed by atoms with E-state index in [-0.39, 0.29) is 11.9 Å². The van der Waals surface area contributed by atoms with Crippen LogP contribution in [0.5, 0.6) is 0 Å². The van der Waals surface area contributed by atoms with Gasteiger partial charge in [0.1, 0.15) is 5.82 Å². The maximum atomic E-state index is 12.8. The number of rotatable bonds is 3. The zero-order valence-electron chi connectivity index (χ0n) is 8.64. The van der Waals surface area contributed by atoms with Gasteiger partial charge in [-0.3, -0.25) is 0 Å². The normalized spacial score (nSPS) is 13.3. The molecule has 14 heavy (non-hydrogen) atoms. The standard InChI is InChI=1S/C11H15ClFN/c1-7(2)14-8(3)10-5-4-9(13)6-11(10)12/h4-8,14H,1-3H3/t8-/m1/s1. The van der Waals surface area contributed by atoms with Crippen molar-refractivity contribution in [3.63, 3.8) is 0 Å². The van der Waals surface area contributed by atoms with Gasteiger partial charge in [0, 0.05) is 17.1 Å². The summed E-state index contributed by atoms with van der Waals surface area (Å²) in [6, 6.07) is 5.02. The van der Waals surface area contributed by atoms with E-state index in [2.05, 4.69) is 19.2 Å². The molecule has 1 N–H and O–H groups in total. The molecule has 0 bridgehead atoms. The SMILES string of the molecule is CC(C)N[C@H](C)c1ccc(F)cc1Cl. The summed E-state index contributed by atoms with van der Waals surface area (Å²) >= 11 is 5.93. The molecule has 1 atom stereocenters. The van der Waals surface area contributed by atoms with Crippen molar-refractivity contribution in [3.05, 3.63) is 34.6 Å². The number of halogens is 2. The van der Waals surface area contributed by atoms with Crippen molar-refractivity contribution in [2.24, 2.45) is 0 Å². The molecule has 1 rings (SSSR count). The van der Waals surface area contributed by atoms with Gasteiger partial charge in [-0.15, -0.1) is 0 Å². The molecule has 0 heterocycles. The molecule has 0 aliphatic heterocycles. The summed E-state index contributed by atoms with van der Waals surface area (Å²) in [5.74, 6) is -0.296. The fraction of sp³-hybridized carbons (Fsp3) is 0.455. The van der Waals surface area contributed by atoms with Crippen molar-refractivity contribution in [1.29, 1.82) is 0 Å². The van der Waals surface area contributed by atoms with E-state index in [4.69, 9.17) is 11.6 Å². The summed E-state index contributed by atoms with van der Waals surface area (Å²) in [4.78, 5) is 0. The van der Waals surface area contributed by atoms with E-state index >= 15 is 0 Å². The number of hydrogen-bond donors (Lipinski definition) is 1. The highest BCUT2D eigenvalue weighted by atomic mass is 35.5. The average Bonchev–Trinajstić information content (AvgIpc) is 2.01. The van der Waals surface area contributed by atoms with Gasteiger partial charge < -0.3 is 5.32 Å². The summed E-state index contributed by atoms with van der Waals surface area (Å²) in [7, 11) is 0. The molecular formula is C11H15ClFN. The summed E-state index contributed by atoms with van der Waals surface area (Å²) < 4.78 is 12.8. The monoisotopic (exact) mass is 215 g/mol. The highest BCUT2D eigenvalue weighted by molar-refractivity contribution is 6.31. The molecule has 1 nitrogen and oxygen atoms in total. The molecule has 0 fully saturated rings. The molecule has 0 saturated carbocycles. The molecule has 0 radical (unpaired) electrons. The van der Waals surface area contributed by atoms with Gasteiger partial charge in [0.25, 0.3) is 0 Å². The van der Waals surface area contributed by atoms with Gasteiger partial charge in [-0.25, -0.2) is 4.39 Å². The Morgan fingerprint density at radius 1 is 1.29 bits per heavy atom. The lowest BCUT2D eigenvalue weighted by Crippen LogP contribution is -2.26. The molecule has 3 heteroatoms. The second-order valence-corrected chi connectivity index (χ2v) is 4.12. The van der Waals surface area contributed by atoms with Crippen molar-refractivity contribution in [2.45, 2.75) is 32.9 Å². The van der Waals surface area contributed by atoms with Crippen molar-refractivity contribution < 1.29 is 4.39 Å². The summed E-state index contributed by atoms with van der Waals surface area (Å²) in [5, 5.41) is 3.79. The Labute approximate surface area is 89.3 Å². The van der Waals surface area contributed by atoms with E-state index < -0.39 is 0 Å². The third kappa shape index (κ3) is 2.96. The van der Waals surface area contributed by atoms with Crippen LogP contribution in [-0.2, 0) is 0 Å². The van der Waals surface area contributed by atoms with Gasteiger partial charge in [-0.2, -0.15) is 0 Å². The Morgan fingerprint density at radius 2 is 1.93 bits per heavy atom. The Morgan fingerprint density at radius 3 is 2.43 bits per heavy atom. The molecule has 0 amide bonds. The van der Waals surface area contributed by atoms with Gasteiger partial charge >= 0.3 is 0 Å². The van der Waals surface area contributed by atoms with Crippen LogP contribution in [0.2, 0.25) is 5.02 Å². The van der Waals surface area contributed by atoms with Crippen LogP contribution in [0, 0.1) is 5.82 Å². The first-order valence-electron chi connectivity index (χ1n) is 4.71. The van der Waals surface area contributed by atoms with Gasteiger partial charge in [-0.1, -0.05) is 31.5 Å². The lowest BCUT2D eigenvalue weighted by atomic mass is 10.1. The Balaban J connectivity index is 2.84. The largest absolute Gasteiger partial charge is 0.308 e. The van der Waals surface area contributed by atoms with Crippen LogP contribution in [0.3, 0.4) is 0 Å². The van der Waals surface area contributed by atoms with Crippen LogP contribution in [0.25, 0.3) is 0 Å². The second-order valence-electron chi connectivity index (χ2n) is 3.71. The smallest absolute Gasteiger partial charge is 0.124 e. The van der Waals surface area contributed by atoms with E-state index in [9.17, 15) is 4.39 Å². The van der Waals surface area contributed by atoms with Crippen LogP contribution >= 0.6 is 11.6 Å². The van der Waals surface area contributed by atoms with Gasteiger partial charge in [-0.05, 0) is 24.6 Å². The fourth-order valence-corrected chi connectivity index (χ4v) is 1.77. The summed E-state index contributed by atoms with van der Waals surface area (Å²) in [6.07, 6.45) is 0. The minimum Gasteiger partial charge on any atom is -0.308 e. The van der Waals surface area contributed by atoms with E-state index in [1.54, 1.807) is 6.07 Å². The number of hydrogen-bond acceptors (Lipinski definition) is 1. The topological polar surface area (TPSA) is 12.0 Å². The first-order chi connectivity index (χ1) is 6.50. The lowest BCUT2D eigenvalue weighted by molar-refractivity contribution is 0.505. The molecule has 0 saturated heterocycles. The first kappa shape index (κ1) is 11.5. The van der Waals surface area contributed by atoms with E-state index in [0.29, 0.717) is 11.1 Å². The van der Waals surface area contributed by atoms with E-state index in [1.807, 2.05) is 6.92 Å². The zero-order valence-corrected chi connectivity index (χ0v) is 9.40. The van der Waals surface area contributed by atoms with Crippen LogP contribution in [0.1, 0.15) is 32.4 Å². The minimum absolute atomic E-state index is 0.142. The first-order valence-corrected chi connectivity index (χ1v) is 5.09. The highest BCUT2D eigenvalue weighted by Crippen LogP contribution is 2.23. The van der Waals surface area contributed by atoms with Crippen LogP contribution in [-0.4, -0.2) is 6.04 Å². The Hall–Kier alpha value is -0.600. The summed E-state index contributed by atoms with van der Waals surface area (Å²) in [5.41, 5.74) is 0.932. The molecule has 78 valence electrons. The molecular weight excluding hydrogens is 201 g/mol. The molecule has 0 aliphatic carbocycles. The maximum absolute atomic E-state index is 12.8. The molecule has 1 aromatic carbocycles. The van der Waals surface area contributed by atoms with Gasteiger partial charge in [0.2, 0.25) is 0 Å². The maximum Gasteiger partial charge on any atom is 0.124 e. The Kier molecular flexibility index (Phi) is 3.90. The third-order valence-electron chi connectivity index (χ3n) is 2.01. The molecule has 0 aromatic heterocycles. The average molecular weight is 216 g/mol. The fourth-order valence-electron chi connectivity index (χ4n) is 1.44. The number of benzene rings is 1. The highest BCUT2D eigenvalue weighted by Gasteiger charge is 2.10.